The fourth-order valence-corrected chi connectivity index (χ4v) is 3.27. The number of nitrogens with zero attached hydrogens (tertiary/aromatic N) is 3. The highest BCUT2D eigenvalue weighted by Gasteiger charge is 2.27. The normalized spacial score (nSPS) is 23.2. The van der Waals surface area contributed by atoms with Gasteiger partial charge in [0.05, 0.1) is 19.3 Å². The zero-order chi connectivity index (χ0) is 13.8. The molecule has 5 heteroatoms. The molecule has 1 aliphatic carbocycles. The maximum atomic E-state index is 5.63. The Morgan fingerprint density at radius 3 is 3.10 bits per heavy atom. The number of ether oxygens (including phenoxy) is 1. The Morgan fingerprint density at radius 2 is 2.20 bits per heavy atom. The van der Waals surface area contributed by atoms with Crippen molar-refractivity contribution in [2.75, 3.05) is 38.3 Å². The first-order chi connectivity index (χ1) is 9.90. The molecule has 1 aromatic rings. The number of nitrogens with one attached hydrogen (secondary N) is 1. The number of likely N-dealkylation sites (N-methyl/N-ethyl adjacent to an activating group) is 1. The van der Waals surface area contributed by atoms with Gasteiger partial charge in [0.25, 0.3) is 0 Å². The zero-order valence-corrected chi connectivity index (χ0v) is 12.3. The monoisotopic (exact) mass is 276 g/mol. The van der Waals surface area contributed by atoms with Crippen LogP contribution in [-0.2, 0) is 17.6 Å². The summed E-state index contributed by atoms with van der Waals surface area (Å²) in [5.74, 6) is 1.15. The van der Waals surface area contributed by atoms with E-state index in [2.05, 4.69) is 20.2 Å². The van der Waals surface area contributed by atoms with Crippen molar-refractivity contribution in [1.29, 1.82) is 0 Å². The van der Waals surface area contributed by atoms with E-state index in [0.717, 1.165) is 45.0 Å². The first-order valence-corrected chi connectivity index (χ1v) is 7.72. The number of hydrogen-bond donors (Lipinski definition) is 1. The molecule has 1 saturated heterocycles. The van der Waals surface area contributed by atoms with Crippen LogP contribution in [-0.4, -0.2) is 49.4 Å². The van der Waals surface area contributed by atoms with Crippen molar-refractivity contribution >= 4 is 5.82 Å². The van der Waals surface area contributed by atoms with E-state index in [1.54, 1.807) is 6.33 Å². The first-order valence-electron chi connectivity index (χ1n) is 7.72. The molecule has 0 aromatic carbocycles. The number of rotatable bonds is 3. The molecule has 3 rings (SSSR count). The van der Waals surface area contributed by atoms with Gasteiger partial charge in [0, 0.05) is 24.3 Å². The summed E-state index contributed by atoms with van der Waals surface area (Å²) in [7, 11) is 1.99. The van der Waals surface area contributed by atoms with Crippen LogP contribution in [0.2, 0.25) is 0 Å². The summed E-state index contributed by atoms with van der Waals surface area (Å²) in [4.78, 5) is 11.6. The van der Waals surface area contributed by atoms with Crippen LogP contribution in [0.15, 0.2) is 6.33 Å². The third-order valence-electron chi connectivity index (χ3n) is 4.29. The van der Waals surface area contributed by atoms with Gasteiger partial charge in [-0.25, -0.2) is 9.97 Å². The van der Waals surface area contributed by atoms with Crippen molar-refractivity contribution in [1.82, 2.24) is 15.3 Å². The molecule has 1 aromatic heterocycles. The Morgan fingerprint density at radius 1 is 1.30 bits per heavy atom. The molecule has 110 valence electrons. The van der Waals surface area contributed by atoms with E-state index in [1.165, 1.54) is 30.5 Å². The summed E-state index contributed by atoms with van der Waals surface area (Å²) < 4.78 is 5.63. The topological polar surface area (TPSA) is 50.3 Å². The van der Waals surface area contributed by atoms with Crippen LogP contribution in [0, 0.1) is 0 Å². The largest absolute Gasteiger partial charge is 0.377 e. The summed E-state index contributed by atoms with van der Waals surface area (Å²) in [5.41, 5.74) is 2.65. The Kier molecular flexibility index (Phi) is 4.47. The standard InChI is InChI=1S/C15H24N4O/c1-16-9-12-10-20-8-7-19(12)15-13-5-3-2-4-6-14(13)17-11-18-15/h11-12,16H,2-10H2,1H3. The van der Waals surface area contributed by atoms with Crippen LogP contribution in [0.25, 0.3) is 0 Å². The van der Waals surface area contributed by atoms with E-state index >= 15 is 0 Å². The summed E-state index contributed by atoms with van der Waals surface area (Å²) in [6.07, 6.45) is 7.78. The first kappa shape index (κ1) is 13.8. The van der Waals surface area contributed by atoms with E-state index in [4.69, 9.17) is 4.74 Å². The molecule has 20 heavy (non-hydrogen) atoms. The number of morpholine rings is 1. The molecule has 1 aliphatic heterocycles. The molecule has 0 bridgehead atoms. The Hall–Kier alpha value is -1.20. The lowest BCUT2D eigenvalue weighted by atomic mass is 10.1. The molecular formula is C15H24N4O. The van der Waals surface area contributed by atoms with Gasteiger partial charge in [0.1, 0.15) is 12.1 Å². The second-order valence-electron chi connectivity index (χ2n) is 5.66. The van der Waals surface area contributed by atoms with Crippen LogP contribution < -0.4 is 10.2 Å². The molecule has 0 spiro atoms. The minimum atomic E-state index is 0.371. The third-order valence-corrected chi connectivity index (χ3v) is 4.29. The molecule has 1 atom stereocenters. The van der Waals surface area contributed by atoms with Gasteiger partial charge in [0.15, 0.2) is 0 Å². The molecule has 1 unspecified atom stereocenters. The predicted octanol–water partition coefficient (Wildman–Crippen LogP) is 1.17. The van der Waals surface area contributed by atoms with Gasteiger partial charge in [-0.2, -0.15) is 0 Å². The molecule has 0 radical (unpaired) electrons. The Balaban J connectivity index is 1.91. The van der Waals surface area contributed by atoms with Crippen molar-refractivity contribution in [2.24, 2.45) is 0 Å². The fourth-order valence-electron chi connectivity index (χ4n) is 3.27. The zero-order valence-electron chi connectivity index (χ0n) is 12.3. The maximum absolute atomic E-state index is 5.63. The molecule has 2 aliphatic rings. The highest BCUT2D eigenvalue weighted by atomic mass is 16.5. The maximum Gasteiger partial charge on any atom is 0.135 e. The van der Waals surface area contributed by atoms with Gasteiger partial charge < -0.3 is 15.0 Å². The minimum absolute atomic E-state index is 0.371. The number of aryl methyl sites for hydroxylation is 1. The summed E-state index contributed by atoms with van der Waals surface area (Å²) in [6.45, 7) is 3.42. The van der Waals surface area contributed by atoms with Gasteiger partial charge in [-0.1, -0.05) is 6.42 Å². The van der Waals surface area contributed by atoms with Crippen molar-refractivity contribution in [2.45, 2.75) is 38.1 Å². The van der Waals surface area contributed by atoms with Crippen LogP contribution in [0.4, 0.5) is 5.82 Å². The Bertz CT molecular complexity index is 449. The average molecular weight is 276 g/mol. The van der Waals surface area contributed by atoms with E-state index in [9.17, 15) is 0 Å². The summed E-state index contributed by atoms with van der Waals surface area (Å²) >= 11 is 0. The quantitative estimate of drug-likeness (QED) is 0.840. The molecule has 0 saturated carbocycles. The number of fused-ring (bicyclic) bond motifs is 1. The van der Waals surface area contributed by atoms with Crippen LogP contribution in [0.5, 0.6) is 0 Å². The van der Waals surface area contributed by atoms with Crippen LogP contribution in [0.1, 0.15) is 30.5 Å². The second-order valence-corrected chi connectivity index (χ2v) is 5.66. The fraction of sp³-hybridized carbons (Fsp3) is 0.733. The number of anilines is 1. The van der Waals surface area contributed by atoms with E-state index in [-0.39, 0.29) is 0 Å². The summed E-state index contributed by atoms with van der Waals surface area (Å²) in [5, 5.41) is 3.26. The van der Waals surface area contributed by atoms with Crippen LogP contribution in [0.3, 0.4) is 0 Å². The minimum Gasteiger partial charge on any atom is -0.377 e. The van der Waals surface area contributed by atoms with Gasteiger partial charge in [-0.05, 0) is 32.7 Å². The van der Waals surface area contributed by atoms with Crippen molar-refractivity contribution < 1.29 is 4.74 Å². The molecule has 5 nitrogen and oxygen atoms in total. The SMILES string of the molecule is CNCC1COCCN1c1ncnc2c1CCCCC2. The lowest BCUT2D eigenvalue weighted by Gasteiger charge is -2.37. The van der Waals surface area contributed by atoms with E-state index < -0.39 is 0 Å². The average Bonchev–Trinajstić information content (AvgIpc) is 2.73. The molecule has 1 fully saturated rings. The van der Waals surface area contributed by atoms with Crippen molar-refractivity contribution in [3.05, 3.63) is 17.6 Å². The van der Waals surface area contributed by atoms with E-state index in [1.807, 2.05) is 7.05 Å². The highest BCUT2D eigenvalue weighted by Crippen LogP contribution is 2.28. The Labute approximate surface area is 120 Å². The third kappa shape index (κ3) is 2.79. The predicted molar refractivity (Wildman–Crippen MR) is 79.2 cm³/mol. The van der Waals surface area contributed by atoms with Gasteiger partial charge in [0.2, 0.25) is 0 Å². The number of hydrogen-bond acceptors (Lipinski definition) is 5. The van der Waals surface area contributed by atoms with Crippen molar-refractivity contribution in [3.63, 3.8) is 0 Å². The molecule has 2 heterocycles. The van der Waals surface area contributed by atoms with Gasteiger partial charge in [-0.15, -0.1) is 0 Å². The lowest BCUT2D eigenvalue weighted by Crippen LogP contribution is -2.50. The molecular weight excluding hydrogens is 252 g/mol. The lowest BCUT2D eigenvalue weighted by molar-refractivity contribution is 0.0938. The summed E-state index contributed by atoms with van der Waals surface area (Å²) in [6, 6.07) is 0.371. The molecule has 0 amide bonds. The number of aromatic nitrogens is 2. The van der Waals surface area contributed by atoms with Gasteiger partial charge >= 0.3 is 0 Å². The van der Waals surface area contributed by atoms with Crippen LogP contribution >= 0.6 is 0 Å². The van der Waals surface area contributed by atoms with E-state index in [0.29, 0.717) is 6.04 Å². The van der Waals surface area contributed by atoms with Crippen molar-refractivity contribution in [3.8, 4) is 0 Å². The smallest absolute Gasteiger partial charge is 0.135 e. The van der Waals surface area contributed by atoms with Gasteiger partial charge in [-0.3, -0.25) is 0 Å². The second kappa shape index (κ2) is 6.50. The highest BCUT2D eigenvalue weighted by molar-refractivity contribution is 5.50. The molecule has 1 N–H and O–H groups in total.